The minimum absolute atomic E-state index is 0.0744. The van der Waals surface area contributed by atoms with Crippen LogP contribution in [0.4, 0.5) is 9.18 Å². The predicted octanol–water partition coefficient (Wildman–Crippen LogP) is 4.13. The van der Waals surface area contributed by atoms with E-state index < -0.39 is 41.4 Å². The van der Waals surface area contributed by atoms with E-state index >= 15 is 0 Å². The number of hydrogen-bond donors (Lipinski definition) is 0. The molecule has 0 saturated heterocycles. The normalized spacial score (nSPS) is 14.2. The lowest BCUT2D eigenvalue weighted by molar-refractivity contribution is -0.169. The smallest absolute Gasteiger partial charge is 0.410 e. The Morgan fingerprint density at radius 1 is 1.10 bits per heavy atom. The van der Waals surface area contributed by atoms with E-state index in [-0.39, 0.29) is 13.0 Å². The van der Waals surface area contributed by atoms with Crippen LogP contribution in [0.3, 0.4) is 0 Å². The van der Waals surface area contributed by atoms with Crippen molar-refractivity contribution in [3.8, 4) is 0 Å². The minimum atomic E-state index is -1.78. The number of carbonyl (C=O) groups excluding carboxylic acids is 3. The summed E-state index contributed by atoms with van der Waals surface area (Å²) < 4.78 is 29.7. The first-order valence-electron chi connectivity index (χ1n) is 9.57. The molecule has 0 heterocycles. The van der Waals surface area contributed by atoms with Gasteiger partial charge in [-0.1, -0.05) is 31.4 Å². The zero-order chi connectivity index (χ0) is 23.7. The molecule has 170 valence electrons. The van der Waals surface area contributed by atoms with Crippen LogP contribution >= 0.6 is 0 Å². The van der Waals surface area contributed by atoms with Gasteiger partial charge in [-0.15, -0.1) is 0 Å². The van der Waals surface area contributed by atoms with Gasteiger partial charge in [-0.25, -0.2) is 18.8 Å². The number of nitrogens with zero attached hydrogens (tertiary/aromatic N) is 1. The maximum Gasteiger partial charge on any atom is 0.410 e. The predicted molar refractivity (Wildman–Crippen MR) is 113 cm³/mol. The third-order valence-corrected chi connectivity index (χ3v) is 3.70. The Morgan fingerprint density at radius 3 is 2.10 bits per heavy atom. The van der Waals surface area contributed by atoms with E-state index in [1.807, 2.05) is 0 Å². The second-order valence-electron chi connectivity index (χ2n) is 8.40. The molecular formula is C22H34FNO6. The van der Waals surface area contributed by atoms with Crippen LogP contribution in [0.1, 0.15) is 48.0 Å². The number of amides is 1. The molecule has 0 rings (SSSR count). The summed E-state index contributed by atoms with van der Waals surface area (Å²) in [6, 6.07) is -1.29. The highest BCUT2D eigenvalue weighted by Crippen LogP contribution is 2.22. The lowest BCUT2D eigenvalue weighted by Gasteiger charge is -2.32. The molecule has 0 aliphatic heterocycles. The summed E-state index contributed by atoms with van der Waals surface area (Å²) in [4.78, 5) is 38.1. The number of ether oxygens (including phenoxy) is 3. The van der Waals surface area contributed by atoms with Crippen molar-refractivity contribution in [3.05, 3.63) is 37.0 Å². The summed E-state index contributed by atoms with van der Waals surface area (Å²) in [5.41, 5.74) is -1.97. The molecule has 0 fully saturated rings. The fourth-order valence-electron chi connectivity index (χ4n) is 2.20. The van der Waals surface area contributed by atoms with E-state index in [1.54, 1.807) is 26.8 Å². The van der Waals surface area contributed by atoms with E-state index in [2.05, 4.69) is 13.2 Å². The first-order valence-corrected chi connectivity index (χ1v) is 9.57. The Balaban J connectivity index is 5.25. The quantitative estimate of drug-likeness (QED) is 0.296. The van der Waals surface area contributed by atoms with Gasteiger partial charge in [-0.2, -0.15) is 0 Å². The lowest BCUT2D eigenvalue weighted by atomic mass is 10.00. The second kappa shape index (κ2) is 11.5. The van der Waals surface area contributed by atoms with Crippen molar-refractivity contribution in [3.63, 3.8) is 0 Å². The topological polar surface area (TPSA) is 82.1 Å². The second-order valence-corrected chi connectivity index (χ2v) is 8.40. The van der Waals surface area contributed by atoms with E-state index in [9.17, 15) is 18.8 Å². The van der Waals surface area contributed by atoms with Gasteiger partial charge >= 0.3 is 18.0 Å². The van der Waals surface area contributed by atoms with Crippen molar-refractivity contribution in [2.45, 2.75) is 71.4 Å². The van der Waals surface area contributed by atoms with Gasteiger partial charge in [-0.05, 0) is 47.1 Å². The first kappa shape index (κ1) is 27.4. The van der Waals surface area contributed by atoms with Gasteiger partial charge in [0.05, 0.1) is 0 Å². The monoisotopic (exact) mass is 427 g/mol. The molecule has 0 saturated carbocycles. The maximum absolute atomic E-state index is 14.3. The first-order chi connectivity index (χ1) is 13.6. The van der Waals surface area contributed by atoms with Gasteiger partial charge in [0.25, 0.3) is 0 Å². The molecule has 0 radical (unpaired) electrons. The van der Waals surface area contributed by atoms with Crippen molar-refractivity contribution < 1.29 is 33.0 Å². The Bertz CT molecular complexity index is 672. The summed E-state index contributed by atoms with van der Waals surface area (Å²) in [6.45, 7) is 15.9. The number of allylic oxidation sites excluding steroid dienone is 2. The Kier molecular flexibility index (Phi) is 10.5. The average molecular weight is 428 g/mol. The third kappa shape index (κ3) is 10.8. The highest BCUT2D eigenvalue weighted by molar-refractivity contribution is 5.84. The largest absolute Gasteiger partial charge is 0.458 e. The zero-order valence-corrected chi connectivity index (χ0v) is 19.0. The molecule has 0 N–H and O–H groups in total. The van der Waals surface area contributed by atoms with Gasteiger partial charge in [0.1, 0.15) is 23.9 Å². The summed E-state index contributed by atoms with van der Waals surface area (Å²) in [7, 11) is 1.31. The van der Waals surface area contributed by atoms with Crippen LogP contribution in [0.2, 0.25) is 0 Å². The number of carbonyl (C=O) groups is 3. The van der Waals surface area contributed by atoms with Crippen molar-refractivity contribution >= 4 is 18.0 Å². The van der Waals surface area contributed by atoms with Gasteiger partial charge < -0.3 is 14.2 Å². The summed E-state index contributed by atoms with van der Waals surface area (Å²) in [5.74, 6) is -1.73. The van der Waals surface area contributed by atoms with Crippen LogP contribution in [-0.2, 0) is 23.8 Å². The fraction of sp³-hybridized carbons (Fsp3) is 0.591. The van der Waals surface area contributed by atoms with E-state index in [0.29, 0.717) is 5.57 Å². The van der Waals surface area contributed by atoms with Crippen LogP contribution < -0.4 is 0 Å². The number of esters is 2. The van der Waals surface area contributed by atoms with Crippen molar-refractivity contribution in [2.24, 2.45) is 0 Å². The van der Waals surface area contributed by atoms with Crippen LogP contribution in [0.15, 0.2) is 37.0 Å². The number of rotatable bonds is 10. The number of halogens is 1. The van der Waals surface area contributed by atoms with Gasteiger partial charge in [0.15, 0.2) is 6.10 Å². The summed E-state index contributed by atoms with van der Waals surface area (Å²) in [6.07, 6.45) is 2.22. The fourth-order valence-corrected chi connectivity index (χ4v) is 2.20. The third-order valence-electron chi connectivity index (χ3n) is 3.70. The molecule has 0 unspecified atom stereocenters. The SMILES string of the molecule is C=C/C=C(\C=C)COC(=O)[C@@H](C)OC(=O)[C@H](CC(C)(C)F)N(C)C(=O)OC(C)(C)C. The molecular weight excluding hydrogens is 393 g/mol. The Labute approximate surface area is 178 Å². The molecule has 8 heteroatoms. The molecule has 0 bridgehead atoms. The highest BCUT2D eigenvalue weighted by Gasteiger charge is 2.37. The maximum atomic E-state index is 14.3. The van der Waals surface area contributed by atoms with Crippen LogP contribution in [0, 0.1) is 0 Å². The van der Waals surface area contributed by atoms with Gasteiger partial charge in [0, 0.05) is 13.5 Å². The van der Waals surface area contributed by atoms with Crippen molar-refractivity contribution in [1.82, 2.24) is 4.90 Å². The van der Waals surface area contributed by atoms with Crippen LogP contribution in [-0.4, -0.2) is 60.0 Å². The Morgan fingerprint density at radius 2 is 1.67 bits per heavy atom. The molecule has 0 aliphatic carbocycles. The molecule has 0 spiro atoms. The number of hydrogen-bond acceptors (Lipinski definition) is 6. The van der Waals surface area contributed by atoms with Crippen molar-refractivity contribution in [1.29, 1.82) is 0 Å². The molecule has 0 aliphatic rings. The molecule has 0 aromatic heterocycles. The molecule has 30 heavy (non-hydrogen) atoms. The Hall–Kier alpha value is -2.64. The highest BCUT2D eigenvalue weighted by atomic mass is 19.1. The minimum Gasteiger partial charge on any atom is -0.458 e. The van der Waals surface area contributed by atoms with Crippen LogP contribution in [0.5, 0.6) is 0 Å². The van der Waals surface area contributed by atoms with Crippen molar-refractivity contribution in [2.75, 3.05) is 13.7 Å². The number of likely N-dealkylation sites (N-methyl/N-ethyl adjacent to an activating group) is 1. The van der Waals surface area contributed by atoms with E-state index in [4.69, 9.17) is 14.2 Å². The lowest BCUT2D eigenvalue weighted by Crippen LogP contribution is -2.49. The zero-order valence-electron chi connectivity index (χ0n) is 19.0. The standard InChI is InChI=1S/C22H34FNO6/c1-10-12-16(11-2)14-28-18(25)15(3)29-19(26)17(13-22(7,8)23)24(9)20(27)30-21(4,5)6/h10-12,15,17H,1-2,13-14H2,3-9H3/b16-12+/t15-,17+/m1/s1. The summed E-state index contributed by atoms with van der Waals surface area (Å²) >= 11 is 0. The molecule has 0 aromatic rings. The summed E-state index contributed by atoms with van der Waals surface area (Å²) in [5, 5.41) is 0. The molecule has 1 amide bonds. The van der Waals surface area contributed by atoms with E-state index in [0.717, 1.165) is 4.90 Å². The van der Waals surface area contributed by atoms with E-state index in [1.165, 1.54) is 40.0 Å². The number of alkyl halides is 1. The van der Waals surface area contributed by atoms with Crippen LogP contribution in [0.25, 0.3) is 0 Å². The van der Waals surface area contributed by atoms with Gasteiger partial charge in [-0.3, -0.25) is 4.90 Å². The molecule has 0 aromatic carbocycles. The average Bonchev–Trinajstić information content (AvgIpc) is 2.59. The molecule has 7 nitrogen and oxygen atoms in total. The molecule has 2 atom stereocenters. The van der Waals surface area contributed by atoms with Gasteiger partial charge in [0.2, 0.25) is 0 Å².